The Labute approximate surface area is 105 Å². The van der Waals surface area contributed by atoms with E-state index < -0.39 is 10.0 Å². The van der Waals surface area contributed by atoms with E-state index in [0.29, 0.717) is 0 Å². The maximum Gasteiger partial charge on any atom is 0.211 e. The van der Waals surface area contributed by atoms with Gasteiger partial charge >= 0.3 is 0 Å². The topological polar surface area (TPSA) is 58.2 Å². The monoisotopic (exact) mass is 260 g/mol. The zero-order chi connectivity index (χ0) is 12.5. The van der Waals surface area contributed by atoms with Crippen LogP contribution in [-0.4, -0.2) is 32.8 Å². The summed E-state index contributed by atoms with van der Waals surface area (Å²) in [4.78, 5) is 0. The van der Waals surface area contributed by atoms with Gasteiger partial charge in [-0.05, 0) is 44.1 Å². The first-order chi connectivity index (χ1) is 7.89. The summed E-state index contributed by atoms with van der Waals surface area (Å²) in [6.07, 6.45) is 5.25. The maximum absolute atomic E-state index is 11.7. The van der Waals surface area contributed by atoms with E-state index in [1.54, 1.807) is 0 Å². The SMILES string of the molecule is CC1(C)CC1NS(=O)(=O)CCCCNC1CC1. The molecule has 2 aliphatic rings. The van der Waals surface area contributed by atoms with Crippen molar-refractivity contribution in [3.8, 4) is 0 Å². The van der Waals surface area contributed by atoms with Crippen LogP contribution in [0.5, 0.6) is 0 Å². The Bertz CT molecular complexity index is 361. The molecule has 2 saturated carbocycles. The van der Waals surface area contributed by atoms with Crippen molar-refractivity contribution < 1.29 is 8.42 Å². The Balaban J connectivity index is 1.56. The second-order valence-electron chi connectivity index (χ2n) is 6.12. The Kier molecular flexibility index (Phi) is 3.80. The number of nitrogens with one attached hydrogen (secondary N) is 2. The maximum atomic E-state index is 11.7. The third-order valence-electron chi connectivity index (χ3n) is 3.69. The molecule has 0 aromatic rings. The first-order valence-electron chi connectivity index (χ1n) is 6.62. The van der Waals surface area contributed by atoms with Crippen molar-refractivity contribution in [2.45, 2.75) is 58.0 Å². The molecule has 5 heteroatoms. The molecule has 1 atom stereocenters. The summed E-state index contributed by atoms with van der Waals surface area (Å²) < 4.78 is 26.3. The zero-order valence-corrected chi connectivity index (χ0v) is 11.6. The molecular weight excluding hydrogens is 236 g/mol. The molecule has 0 aromatic heterocycles. The minimum atomic E-state index is -3.05. The van der Waals surface area contributed by atoms with Gasteiger partial charge in [0.05, 0.1) is 5.75 Å². The Hall–Kier alpha value is -0.130. The van der Waals surface area contributed by atoms with Crippen LogP contribution in [0.4, 0.5) is 0 Å². The number of hydrogen-bond donors (Lipinski definition) is 2. The first kappa shape index (κ1) is 13.3. The largest absolute Gasteiger partial charge is 0.314 e. The fourth-order valence-electron chi connectivity index (χ4n) is 1.95. The molecule has 1 unspecified atom stereocenters. The second kappa shape index (κ2) is 4.86. The molecule has 0 amide bonds. The van der Waals surface area contributed by atoms with Crippen molar-refractivity contribution in [2.75, 3.05) is 12.3 Å². The Morgan fingerprint density at radius 1 is 1.24 bits per heavy atom. The summed E-state index contributed by atoms with van der Waals surface area (Å²) in [7, 11) is -3.05. The van der Waals surface area contributed by atoms with Gasteiger partial charge in [0.25, 0.3) is 0 Å². The molecule has 0 radical (unpaired) electrons. The molecule has 0 heterocycles. The minimum Gasteiger partial charge on any atom is -0.314 e. The molecule has 4 nitrogen and oxygen atoms in total. The molecule has 0 aliphatic heterocycles. The molecule has 2 fully saturated rings. The Morgan fingerprint density at radius 3 is 2.41 bits per heavy atom. The van der Waals surface area contributed by atoms with Crippen molar-refractivity contribution in [2.24, 2.45) is 5.41 Å². The summed E-state index contributed by atoms with van der Waals surface area (Å²) in [5, 5.41) is 3.39. The van der Waals surface area contributed by atoms with Crippen LogP contribution in [-0.2, 0) is 10.0 Å². The quantitative estimate of drug-likeness (QED) is 0.646. The summed E-state index contributed by atoms with van der Waals surface area (Å²) in [6.45, 7) is 5.15. The van der Waals surface area contributed by atoms with Crippen LogP contribution >= 0.6 is 0 Å². The van der Waals surface area contributed by atoms with E-state index in [2.05, 4.69) is 23.9 Å². The van der Waals surface area contributed by atoms with Gasteiger partial charge in [0.15, 0.2) is 0 Å². The molecule has 0 spiro atoms. The van der Waals surface area contributed by atoms with Crippen LogP contribution in [0, 0.1) is 5.41 Å². The van der Waals surface area contributed by atoms with Crippen LogP contribution in [0.25, 0.3) is 0 Å². The number of sulfonamides is 1. The molecule has 0 aromatic carbocycles. The van der Waals surface area contributed by atoms with Gasteiger partial charge in [0, 0.05) is 12.1 Å². The lowest BCUT2D eigenvalue weighted by Gasteiger charge is -2.08. The van der Waals surface area contributed by atoms with Gasteiger partial charge < -0.3 is 5.32 Å². The second-order valence-corrected chi connectivity index (χ2v) is 7.99. The van der Waals surface area contributed by atoms with Crippen molar-refractivity contribution in [3.63, 3.8) is 0 Å². The zero-order valence-electron chi connectivity index (χ0n) is 10.8. The fraction of sp³-hybridized carbons (Fsp3) is 1.00. The van der Waals surface area contributed by atoms with Crippen LogP contribution in [0.2, 0.25) is 0 Å². The fourth-order valence-corrected chi connectivity index (χ4v) is 3.49. The number of hydrogen-bond acceptors (Lipinski definition) is 3. The van der Waals surface area contributed by atoms with Crippen LogP contribution in [0.15, 0.2) is 0 Å². The highest BCUT2D eigenvalue weighted by Gasteiger charge is 2.47. The predicted octanol–water partition coefficient (Wildman–Crippen LogP) is 1.24. The van der Waals surface area contributed by atoms with Crippen LogP contribution < -0.4 is 10.0 Å². The lowest BCUT2D eigenvalue weighted by molar-refractivity contribution is 0.550. The number of rotatable bonds is 8. The van der Waals surface area contributed by atoms with E-state index in [0.717, 1.165) is 31.8 Å². The third-order valence-corrected chi connectivity index (χ3v) is 5.16. The predicted molar refractivity (Wildman–Crippen MR) is 69.4 cm³/mol. The highest BCUT2D eigenvalue weighted by molar-refractivity contribution is 7.89. The highest BCUT2D eigenvalue weighted by Crippen LogP contribution is 2.44. The molecule has 2 aliphatic carbocycles. The summed E-state index contributed by atoms with van der Waals surface area (Å²) in [5.74, 6) is 0.270. The number of unbranched alkanes of at least 4 members (excludes halogenated alkanes) is 1. The lowest BCUT2D eigenvalue weighted by Crippen LogP contribution is -2.31. The standard InChI is InChI=1S/C12H24N2O2S/c1-12(2)9-11(12)14-17(15,16)8-4-3-7-13-10-5-6-10/h10-11,13-14H,3-9H2,1-2H3. The van der Waals surface area contributed by atoms with Crippen LogP contribution in [0.1, 0.15) is 46.0 Å². The molecule has 100 valence electrons. The van der Waals surface area contributed by atoms with Crippen molar-refractivity contribution >= 4 is 10.0 Å². The van der Waals surface area contributed by atoms with Crippen LogP contribution in [0.3, 0.4) is 0 Å². The van der Waals surface area contributed by atoms with Gasteiger partial charge in [0.2, 0.25) is 10.0 Å². The van der Waals surface area contributed by atoms with Crippen molar-refractivity contribution in [3.05, 3.63) is 0 Å². The summed E-state index contributed by atoms with van der Waals surface area (Å²) in [6, 6.07) is 0.883. The summed E-state index contributed by atoms with van der Waals surface area (Å²) >= 11 is 0. The molecular formula is C12H24N2O2S. The highest BCUT2D eigenvalue weighted by atomic mass is 32.2. The van der Waals surface area contributed by atoms with Gasteiger partial charge in [-0.1, -0.05) is 13.8 Å². The van der Waals surface area contributed by atoms with E-state index in [1.807, 2.05) is 0 Å². The van der Waals surface area contributed by atoms with E-state index >= 15 is 0 Å². The van der Waals surface area contributed by atoms with Gasteiger partial charge in [-0.15, -0.1) is 0 Å². The van der Waals surface area contributed by atoms with Gasteiger partial charge in [0.1, 0.15) is 0 Å². The molecule has 0 saturated heterocycles. The van der Waals surface area contributed by atoms with Gasteiger partial charge in [-0.2, -0.15) is 0 Å². The third kappa shape index (κ3) is 4.56. The average molecular weight is 260 g/mol. The normalized spacial score (nSPS) is 27.1. The molecule has 2 N–H and O–H groups in total. The first-order valence-corrected chi connectivity index (χ1v) is 8.28. The molecule has 17 heavy (non-hydrogen) atoms. The smallest absolute Gasteiger partial charge is 0.211 e. The molecule has 2 rings (SSSR count). The lowest BCUT2D eigenvalue weighted by atomic mass is 10.2. The Morgan fingerprint density at radius 2 is 1.88 bits per heavy atom. The van der Waals surface area contributed by atoms with E-state index in [9.17, 15) is 8.42 Å². The minimum absolute atomic E-state index is 0.164. The molecule has 0 bridgehead atoms. The van der Waals surface area contributed by atoms with E-state index in [-0.39, 0.29) is 17.2 Å². The van der Waals surface area contributed by atoms with Crippen molar-refractivity contribution in [1.29, 1.82) is 0 Å². The average Bonchev–Trinajstić information content (AvgIpc) is 3.07. The van der Waals surface area contributed by atoms with E-state index in [1.165, 1.54) is 12.8 Å². The summed E-state index contributed by atoms with van der Waals surface area (Å²) in [5.41, 5.74) is 0.167. The van der Waals surface area contributed by atoms with E-state index in [4.69, 9.17) is 0 Å². The van der Waals surface area contributed by atoms with Gasteiger partial charge in [-0.25, -0.2) is 13.1 Å². The van der Waals surface area contributed by atoms with Gasteiger partial charge in [-0.3, -0.25) is 0 Å². The van der Waals surface area contributed by atoms with Crippen molar-refractivity contribution in [1.82, 2.24) is 10.0 Å².